The summed E-state index contributed by atoms with van der Waals surface area (Å²) in [6, 6.07) is 0.296. The maximum absolute atomic E-state index is 5.56. The molecule has 2 heterocycles. The van der Waals surface area contributed by atoms with Crippen molar-refractivity contribution in [2.24, 2.45) is 4.99 Å². The van der Waals surface area contributed by atoms with Crippen LogP contribution >= 0.6 is 0 Å². The molecule has 0 unspecified atom stereocenters. The minimum absolute atomic E-state index is 0.296. The largest absolute Gasteiger partial charge is 0.464 e. The number of anilines is 1. The van der Waals surface area contributed by atoms with E-state index in [2.05, 4.69) is 20.3 Å². The molecule has 1 aliphatic heterocycles. The number of nitrogens with two attached hydrogens (primary N) is 1. The summed E-state index contributed by atoms with van der Waals surface area (Å²) in [7, 11) is 0. The Bertz CT molecular complexity index is 362. The number of rotatable bonds is 1. The second-order valence-corrected chi connectivity index (χ2v) is 2.37. The van der Waals surface area contributed by atoms with E-state index in [0.717, 1.165) is 0 Å². The van der Waals surface area contributed by atoms with Gasteiger partial charge in [-0.15, -0.1) is 0 Å². The van der Waals surface area contributed by atoms with Gasteiger partial charge >= 0.3 is 6.02 Å². The van der Waals surface area contributed by atoms with Crippen molar-refractivity contribution in [3.63, 3.8) is 0 Å². The van der Waals surface area contributed by atoms with Gasteiger partial charge in [0.25, 0.3) is 0 Å². The van der Waals surface area contributed by atoms with Gasteiger partial charge < -0.3 is 10.5 Å². The minimum Gasteiger partial charge on any atom is -0.464 e. The normalized spacial score (nSPS) is 13.2. The highest BCUT2D eigenvalue weighted by Crippen LogP contribution is 2.31. The van der Waals surface area contributed by atoms with Crippen LogP contribution in [0.4, 0.5) is 17.3 Å². The van der Waals surface area contributed by atoms with E-state index in [1.165, 1.54) is 6.33 Å². The van der Waals surface area contributed by atoms with Gasteiger partial charge in [-0.3, -0.25) is 0 Å². The minimum atomic E-state index is 0.296. The molecule has 0 bridgehead atoms. The molecule has 2 rings (SSSR count). The van der Waals surface area contributed by atoms with Gasteiger partial charge in [0.1, 0.15) is 6.33 Å². The van der Waals surface area contributed by atoms with E-state index in [0.29, 0.717) is 30.0 Å². The van der Waals surface area contributed by atoms with Gasteiger partial charge in [0, 0.05) is 0 Å². The lowest BCUT2D eigenvalue weighted by Gasteiger charge is -1.97. The van der Waals surface area contributed by atoms with E-state index < -0.39 is 0 Å². The number of ether oxygens (including phenoxy) is 1. The molecule has 2 N–H and O–H groups in total. The summed E-state index contributed by atoms with van der Waals surface area (Å²) in [5, 5.41) is 4.00. The Morgan fingerprint density at radius 3 is 3.00 bits per heavy atom. The second kappa shape index (κ2) is 2.89. The highest BCUT2D eigenvalue weighted by Gasteiger charge is 2.20. The quantitative estimate of drug-likeness (QED) is 0.671. The number of aliphatic imine (C=N–C) groups is 1. The molecule has 0 aliphatic carbocycles. The first-order valence-electron chi connectivity index (χ1n) is 3.85. The van der Waals surface area contributed by atoms with Gasteiger partial charge in [-0.2, -0.15) is 10.3 Å². The molecule has 0 amide bonds. The number of hydrogen-bond acceptors (Lipinski definition) is 5. The third-order valence-electron chi connectivity index (χ3n) is 1.51. The average Bonchev–Trinajstić information content (AvgIpc) is 2.49. The summed E-state index contributed by atoms with van der Waals surface area (Å²) in [5.74, 6) is 0.791. The number of fused-ring (bicyclic) bond motifs is 1. The molecule has 1 aromatic rings. The first-order chi connectivity index (χ1) is 6.31. The molecule has 13 heavy (non-hydrogen) atoms. The molecule has 0 fully saturated rings. The molecule has 0 saturated heterocycles. The molecule has 6 heteroatoms. The SMILES string of the molecule is CCOC1=Nc2c(N)ncnc2[N]1. The molecule has 0 saturated carbocycles. The smallest absolute Gasteiger partial charge is 0.319 e. The van der Waals surface area contributed by atoms with Gasteiger partial charge in [-0.05, 0) is 6.92 Å². The Balaban J connectivity index is 2.32. The van der Waals surface area contributed by atoms with E-state index in [1.54, 1.807) is 0 Å². The van der Waals surface area contributed by atoms with Crippen LogP contribution in [0, 0.1) is 0 Å². The van der Waals surface area contributed by atoms with Crippen LogP contribution < -0.4 is 11.1 Å². The van der Waals surface area contributed by atoms with Crippen molar-refractivity contribution < 1.29 is 4.74 Å². The number of aromatic nitrogens is 2. The van der Waals surface area contributed by atoms with E-state index in [4.69, 9.17) is 10.5 Å². The maximum atomic E-state index is 5.56. The van der Waals surface area contributed by atoms with Gasteiger partial charge in [0.2, 0.25) is 0 Å². The molecule has 6 nitrogen and oxygen atoms in total. The van der Waals surface area contributed by atoms with E-state index >= 15 is 0 Å². The van der Waals surface area contributed by atoms with Crippen LogP contribution in [0.2, 0.25) is 0 Å². The number of nitrogens with zero attached hydrogens (tertiary/aromatic N) is 4. The Morgan fingerprint density at radius 1 is 1.46 bits per heavy atom. The molecule has 1 aliphatic rings. The number of amidine groups is 1. The number of nitrogen functional groups attached to an aromatic ring is 1. The molecule has 67 valence electrons. The summed E-state index contributed by atoms with van der Waals surface area (Å²) in [6.07, 6.45) is 1.35. The lowest BCUT2D eigenvalue weighted by Crippen LogP contribution is -2.11. The fourth-order valence-electron chi connectivity index (χ4n) is 0.977. The predicted molar refractivity (Wildman–Crippen MR) is 47.0 cm³/mol. The Kier molecular flexibility index (Phi) is 1.73. The van der Waals surface area contributed by atoms with Crippen molar-refractivity contribution in [2.45, 2.75) is 6.92 Å². The second-order valence-electron chi connectivity index (χ2n) is 2.37. The zero-order valence-corrected chi connectivity index (χ0v) is 7.06. The van der Waals surface area contributed by atoms with Crippen LogP contribution in [0.15, 0.2) is 11.3 Å². The van der Waals surface area contributed by atoms with Gasteiger partial charge in [-0.25, -0.2) is 9.97 Å². The molecular formula is C7H8N5O. The van der Waals surface area contributed by atoms with Crippen LogP contribution in [0.1, 0.15) is 6.92 Å². The molecule has 1 aromatic heterocycles. The highest BCUT2D eigenvalue weighted by molar-refractivity contribution is 5.92. The maximum Gasteiger partial charge on any atom is 0.319 e. The van der Waals surface area contributed by atoms with E-state index in [9.17, 15) is 0 Å². The predicted octanol–water partition coefficient (Wildman–Crippen LogP) is 0.332. The van der Waals surface area contributed by atoms with Crippen molar-refractivity contribution in [1.29, 1.82) is 0 Å². The molecule has 0 spiro atoms. The van der Waals surface area contributed by atoms with Gasteiger partial charge in [0.15, 0.2) is 17.3 Å². The van der Waals surface area contributed by atoms with Crippen LogP contribution in [-0.2, 0) is 4.74 Å². The number of hydrogen-bond donors (Lipinski definition) is 1. The molecule has 1 radical (unpaired) electrons. The van der Waals surface area contributed by atoms with Crippen molar-refractivity contribution in [3.05, 3.63) is 6.33 Å². The summed E-state index contributed by atoms with van der Waals surface area (Å²) in [6.45, 7) is 2.37. The van der Waals surface area contributed by atoms with Crippen molar-refractivity contribution in [2.75, 3.05) is 12.3 Å². The zero-order valence-electron chi connectivity index (χ0n) is 7.06. The fraction of sp³-hybridized carbons (Fsp3) is 0.286. The van der Waals surface area contributed by atoms with Gasteiger partial charge in [-0.1, -0.05) is 0 Å². The van der Waals surface area contributed by atoms with E-state index in [1.807, 2.05) is 6.92 Å². The van der Waals surface area contributed by atoms with Gasteiger partial charge in [0.05, 0.1) is 6.61 Å². The molecule has 0 atom stereocenters. The fourth-order valence-corrected chi connectivity index (χ4v) is 0.977. The third kappa shape index (κ3) is 1.26. The standard InChI is InChI=1S/C7H8N5O/c1-2-13-7-11-4-5(8)9-3-10-6(4)12-7/h3H,2H2,1H3,(H2,8,9,10). The van der Waals surface area contributed by atoms with Crippen molar-refractivity contribution in [3.8, 4) is 0 Å². The van der Waals surface area contributed by atoms with E-state index in [-0.39, 0.29) is 0 Å². The summed E-state index contributed by atoms with van der Waals surface area (Å²) in [5.41, 5.74) is 6.05. The van der Waals surface area contributed by atoms with Crippen LogP contribution in [0.3, 0.4) is 0 Å². The molecule has 0 aromatic carbocycles. The summed E-state index contributed by atoms with van der Waals surface area (Å²) >= 11 is 0. The molecular weight excluding hydrogens is 170 g/mol. The zero-order chi connectivity index (χ0) is 9.26. The highest BCUT2D eigenvalue weighted by atomic mass is 16.5. The van der Waals surface area contributed by atoms with Crippen LogP contribution in [0.5, 0.6) is 0 Å². The van der Waals surface area contributed by atoms with Crippen LogP contribution in [0.25, 0.3) is 0 Å². The summed E-state index contributed by atoms with van der Waals surface area (Å²) < 4.78 is 5.10. The van der Waals surface area contributed by atoms with Crippen molar-refractivity contribution >= 4 is 23.3 Å². The summed E-state index contributed by atoms with van der Waals surface area (Å²) in [4.78, 5) is 11.7. The topological polar surface area (TPSA) is 87.5 Å². The third-order valence-corrected chi connectivity index (χ3v) is 1.51. The van der Waals surface area contributed by atoms with Crippen molar-refractivity contribution in [1.82, 2.24) is 15.3 Å². The average molecular weight is 178 g/mol. The first kappa shape index (κ1) is 7.78. The Labute approximate surface area is 74.9 Å². The first-order valence-corrected chi connectivity index (χ1v) is 3.85. The lowest BCUT2D eigenvalue weighted by molar-refractivity contribution is 0.316. The van der Waals surface area contributed by atoms with Crippen LogP contribution in [-0.4, -0.2) is 22.6 Å². The lowest BCUT2D eigenvalue weighted by atomic mass is 10.4. The Morgan fingerprint density at radius 2 is 2.31 bits per heavy atom. The Hall–Kier alpha value is -1.85. The monoisotopic (exact) mass is 178 g/mol.